The molecule has 0 saturated heterocycles. The van der Waals surface area contributed by atoms with Gasteiger partial charge in [-0.3, -0.25) is 9.48 Å². The van der Waals surface area contributed by atoms with Gasteiger partial charge in [0.2, 0.25) is 0 Å². The Morgan fingerprint density at radius 3 is 2.75 bits per heavy atom. The van der Waals surface area contributed by atoms with Gasteiger partial charge in [0, 0.05) is 6.04 Å². The van der Waals surface area contributed by atoms with E-state index in [0.29, 0.717) is 10.2 Å². The number of amides is 1. The molecule has 0 aromatic carbocycles. The van der Waals surface area contributed by atoms with E-state index < -0.39 is 11.7 Å². The van der Waals surface area contributed by atoms with Crippen LogP contribution in [-0.2, 0) is 4.74 Å². The third-order valence-corrected chi connectivity index (χ3v) is 3.69. The molecule has 0 unspecified atom stereocenters. The maximum Gasteiger partial charge on any atom is 0.407 e. The molecule has 1 aliphatic rings. The maximum atomic E-state index is 11.6. The number of alkyl carbamates (subject to hydrolysis) is 1. The second-order valence-electron chi connectivity index (χ2n) is 5.91. The summed E-state index contributed by atoms with van der Waals surface area (Å²) >= 11 is 3.28. The molecule has 110 valence electrons. The second kappa shape index (κ2) is 5.55. The fraction of sp³-hybridized carbons (Fsp3) is 0.615. The molecule has 0 atom stereocenters. The van der Waals surface area contributed by atoms with Crippen LogP contribution >= 0.6 is 15.9 Å². The standard InChI is InChI=1S/C13H18BrN3O3/c1-13(2,3)20-12(19)16-8-4-9(5-8)17-11(7-18)10(14)6-15-17/h6-9H,4-5H2,1-3H3,(H,16,19). The highest BCUT2D eigenvalue weighted by atomic mass is 79.9. The zero-order valence-corrected chi connectivity index (χ0v) is 13.3. The van der Waals surface area contributed by atoms with Gasteiger partial charge in [0.1, 0.15) is 11.3 Å². The van der Waals surface area contributed by atoms with Gasteiger partial charge in [-0.15, -0.1) is 0 Å². The van der Waals surface area contributed by atoms with E-state index in [2.05, 4.69) is 26.3 Å². The number of ether oxygens (including phenoxy) is 1. The first-order chi connectivity index (χ1) is 9.30. The van der Waals surface area contributed by atoms with E-state index in [1.807, 2.05) is 20.8 Å². The molecule has 1 N–H and O–H groups in total. The number of hydrogen-bond donors (Lipinski definition) is 1. The topological polar surface area (TPSA) is 73.2 Å². The predicted octanol–water partition coefficient (Wildman–Crippen LogP) is 2.69. The summed E-state index contributed by atoms with van der Waals surface area (Å²) in [5, 5.41) is 6.99. The molecule has 1 fully saturated rings. The van der Waals surface area contributed by atoms with Crippen LogP contribution in [0.2, 0.25) is 0 Å². The summed E-state index contributed by atoms with van der Waals surface area (Å²) in [6, 6.07) is 0.207. The third kappa shape index (κ3) is 3.39. The van der Waals surface area contributed by atoms with Crippen LogP contribution in [0.3, 0.4) is 0 Å². The Labute approximate surface area is 126 Å². The lowest BCUT2D eigenvalue weighted by Gasteiger charge is -2.36. The van der Waals surface area contributed by atoms with E-state index in [-0.39, 0.29) is 12.1 Å². The first-order valence-corrected chi connectivity index (χ1v) is 7.27. The number of aldehydes is 1. The molecule has 1 aliphatic carbocycles. The SMILES string of the molecule is CC(C)(C)OC(=O)NC1CC(n2ncc(Br)c2C=O)C1. The summed E-state index contributed by atoms with van der Waals surface area (Å²) in [5.41, 5.74) is 0.0378. The van der Waals surface area contributed by atoms with Crippen LogP contribution in [0.4, 0.5) is 4.79 Å². The molecular formula is C13H18BrN3O3. The van der Waals surface area contributed by atoms with Gasteiger partial charge in [-0.1, -0.05) is 0 Å². The van der Waals surface area contributed by atoms with E-state index in [9.17, 15) is 9.59 Å². The minimum Gasteiger partial charge on any atom is -0.444 e. The van der Waals surface area contributed by atoms with E-state index in [4.69, 9.17) is 4.74 Å². The molecule has 0 bridgehead atoms. The lowest BCUT2D eigenvalue weighted by Crippen LogP contribution is -2.47. The van der Waals surface area contributed by atoms with Gasteiger partial charge < -0.3 is 10.1 Å². The zero-order chi connectivity index (χ0) is 14.9. The van der Waals surface area contributed by atoms with E-state index in [0.717, 1.165) is 19.1 Å². The van der Waals surface area contributed by atoms with Crippen molar-refractivity contribution >= 4 is 28.3 Å². The summed E-state index contributed by atoms with van der Waals surface area (Å²) in [7, 11) is 0. The van der Waals surface area contributed by atoms with E-state index in [1.54, 1.807) is 10.9 Å². The Kier molecular flexibility index (Phi) is 4.17. The number of hydrogen-bond acceptors (Lipinski definition) is 4. The van der Waals surface area contributed by atoms with Gasteiger partial charge in [0.25, 0.3) is 0 Å². The quantitative estimate of drug-likeness (QED) is 0.856. The van der Waals surface area contributed by atoms with Crippen molar-refractivity contribution in [2.75, 3.05) is 0 Å². The number of carbonyl (C=O) groups is 2. The molecule has 7 heteroatoms. The summed E-state index contributed by atoms with van der Waals surface area (Å²) in [6.07, 6.45) is 3.48. The minimum absolute atomic E-state index is 0.0670. The van der Waals surface area contributed by atoms with Crippen molar-refractivity contribution < 1.29 is 14.3 Å². The highest BCUT2D eigenvalue weighted by molar-refractivity contribution is 9.10. The summed E-state index contributed by atoms with van der Waals surface area (Å²) in [6.45, 7) is 5.48. The molecule has 1 heterocycles. The summed E-state index contributed by atoms with van der Waals surface area (Å²) in [4.78, 5) is 22.6. The molecule has 0 spiro atoms. The highest BCUT2D eigenvalue weighted by Gasteiger charge is 2.34. The number of halogens is 1. The molecule has 20 heavy (non-hydrogen) atoms. The van der Waals surface area contributed by atoms with Crippen molar-refractivity contribution in [3.8, 4) is 0 Å². The molecule has 0 aliphatic heterocycles. The Hall–Kier alpha value is -1.37. The molecule has 6 nitrogen and oxygen atoms in total. The van der Waals surface area contributed by atoms with Gasteiger partial charge in [0.05, 0.1) is 16.7 Å². The number of carbonyl (C=O) groups excluding carboxylic acids is 2. The van der Waals surface area contributed by atoms with Crippen LogP contribution < -0.4 is 5.32 Å². The minimum atomic E-state index is -0.495. The molecule has 1 saturated carbocycles. The number of nitrogens with zero attached hydrogens (tertiary/aromatic N) is 2. The van der Waals surface area contributed by atoms with E-state index in [1.165, 1.54) is 0 Å². The third-order valence-electron chi connectivity index (χ3n) is 3.08. The largest absolute Gasteiger partial charge is 0.444 e. The first-order valence-electron chi connectivity index (χ1n) is 6.48. The maximum absolute atomic E-state index is 11.6. The van der Waals surface area contributed by atoms with Gasteiger partial charge in [-0.2, -0.15) is 5.10 Å². The lowest BCUT2D eigenvalue weighted by molar-refractivity contribution is 0.0451. The molecule has 2 rings (SSSR count). The Balaban J connectivity index is 1.86. The van der Waals surface area contributed by atoms with Gasteiger partial charge in [-0.05, 0) is 49.5 Å². The van der Waals surface area contributed by atoms with Gasteiger partial charge >= 0.3 is 6.09 Å². The summed E-state index contributed by atoms with van der Waals surface area (Å²) < 4.78 is 7.59. The zero-order valence-electron chi connectivity index (χ0n) is 11.7. The lowest BCUT2D eigenvalue weighted by atomic mass is 9.87. The molecule has 1 aromatic rings. The molecule has 0 radical (unpaired) electrons. The Bertz CT molecular complexity index is 515. The van der Waals surface area contributed by atoms with Crippen molar-refractivity contribution in [3.05, 3.63) is 16.4 Å². The van der Waals surface area contributed by atoms with Crippen LogP contribution in [0.1, 0.15) is 50.1 Å². The molecule has 1 aromatic heterocycles. The number of rotatable bonds is 3. The second-order valence-corrected chi connectivity index (χ2v) is 6.76. The average Bonchev–Trinajstić information content (AvgIpc) is 2.61. The van der Waals surface area contributed by atoms with E-state index >= 15 is 0 Å². The van der Waals surface area contributed by atoms with Crippen molar-refractivity contribution in [1.82, 2.24) is 15.1 Å². The summed E-state index contributed by atoms with van der Waals surface area (Å²) in [5.74, 6) is 0. The molecule has 1 amide bonds. The molecular weight excluding hydrogens is 326 g/mol. The number of aromatic nitrogens is 2. The Morgan fingerprint density at radius 1 is 1.55 bits per heavy atom. The van der Waals surface area contributed by atoms with Crippen molar-refractivity contribution in [2.45, 2.75) is 51.3 Å². The smallest absolute Gasteiger partial charge is 0.407 e. The van der Waals surface area contributed by atoms with Crippen LogP contribution in [0.15, 0.2) is 10.7 Å². The predicted molar refractivity (Wildman–Crippen MR) is 76.7 cm³/mol. The van der Waals surface area contributed by atoms with Crippen molar-refractivity contribution in [2.24, 2.45) is 0 Å². The van der Waals surface area contributed by atoms with Crippen LogP contribution in [0.25, 0.3) is 0 Å². The Morgan fingerprint density at radius 2 is 2.20 bits per heavy atom. The first kappa shape index (κ1) is 15.0. The fourth-order valence-corrected chi connectivity index (χ4v) is 2.50. The normalized spacial score (nSPS) is 22.0. The monoisotopic (exact) mass is 343 g/mol. The van der Waals surface area contributed by atoms with Gasteiger partial charge in [-0.25, -0.2) is 4.79 Å². The van der Waals surface area contributed by atoms with Crippen LogP contribution in [0, 0.1) is 0 Å². The average molecular weight is 344 g/mol. The van der Waals surface area contributed by atoms with Gasteiger partial charge in [0.15, 0.2) is 6.29 Å². The highest BCUT2D eigenvalue weighted by Crippen LogP contribution is 2.34. The number of nitrogens with one attached hydrogen (secondary N) is 1. The van der Waals surface area contributed by atoms with Crippen molar-refractivity contribution in [1.29, 1.82) is 0 Å². The van der Waals surface area contributed by atoms with Crippen LogP contribution in [0.5, 0.6) is 0 Å². The van der Waals surface area contributed by atoms with Crippen molar-refractivity contribution in [3.63, 3.8) is 0 Å². The fourth-order valence-electron chi connectivity index (χ4n) is 2.13. The van der Waals surface area contributed by atoms with Crippen LogP contribution in [-0.4, -0.2) is 33.8 Å².